The van der Waals surface area contributed by atoms with Gasteiger partial charge in [-0.05, 0) is 25.2 Å². The van der Waals surface area contributed by atoms with Gasteiger partial charge in [0.05, 0.1) is 0 Å². The molecule has 0 saturated carbocycles. The average molecular weight is 226 g/mol. The van der Waals surface area contributed by atoms with E-state index in [9.17, 15) is 9.59 Å². The Hall–Kier alpha value is -1.06. The van der Waals surface area contributed by atoms with E-state index in [1.165, 1.54) is 0 Å². The Morgan fingerprint density at radius 1 is 1.31 bits per heavy atom. The monoisotopic (exact) mass is 226 g/mol. The molecule has 4 heteroatoms. The van der Waals surface area contributed by atoms with Crippen molar-refractivity contribution in [3.63, 3.8) is 0 Å². The van der Waals surface area contributed by atoms with Crippen LogP contribution in [-0.4, -0.2) is 36.3 Å². The Labute approximate surface area is 97.4 Å². The predicted octanol–water partition coefficient (Wildman–Crippen LogP) is 1.16. The van der Waals surface area contributed by atoms with Crippen LogP contribution < -0.4 is 5.32 Å². The SMILES string of the molecule is CCCC(=O)N1CCC(CNC(C)=O)CC1. The van der Waals surface area contributed by atoms with Crippen LogP contribution in [0.3, 0.4) is 0 Å². The van der Waals surface area contributed by atoms with E-state index in [4.69, 9.17) is 0 Å². The highest BCUT2D eigenvalue weighted by Crippen LogP contribution is 2.17. The number of rotatable bonds is 4. The molecule has 4 nitrogen and oxygen atoms in total. The molecule has 1 rings (SSSR count). The van der Waals surface area contributed by atoms with Crippen molar-refractivity contribution >= 4 is 11.8 Å². The summed E-state index contributed by atoms with van der Waals surface area (Å²) in [6.07, 6.45) is 3.60. The Balaban J connectivity index is 2.23. The van der Waals surface area contributed by atoms with Crippen molar-refractivity contribution in [3.8, 4) is 0 Å². The molecule has 0 bridgehead atoms. The predicted molar refractivity (Wildman–Crippen MR) is 62.9 cm³/mol. The Kier molecular flexibility index (Phi) is 5.29. The van der Waals surface area contributed by atoms with Crippen LogP contribution in [0.15, 0.2) is 0 Å². The number of piperidine rings is 1. The number of carbonyl (C=O) groups excluding carboxylic acids is 2. The minimum atomic E-state index is 0.0319. The third-order valence-corrected chi connectivity index (χ3v) is 3.07. The number of hydrogen-bond donors (Lipinski definition) is 1. The Morgan fingerprint density at radius 2 is 1.94 bits per heavy atom. The van der Waals surface area contributed by atoms with Crippen molar-refractivity contribution in [1.82, 2.24) is 10.2 Å². The minimum Gasteiger partial charge on any atom is -0.356 e. The molecule has 1 saturated heterocycles. The van der Waals surface area contributed by atoms with E-state index in [0.29, 0.717) is 12.3 Å². The summed E-state index contributed by atoms with van der Waals surface area (Å²) in [7, 11) is 0. The molecule has 1 aliphatic heterocycles. The van der Waals surface area contributed by atoms with Crippen molar-refractivity contribution < 1.29 is 9.59 Å². The van der Waals surface area contributed by atoms with Crippen molar-refractivity contribution in [2.75, 3.05) is 19.6 Å². The highest BCUT2D eigenvalue weighted by molar-refractivity contribution is 5.76. The summed E-state index contributed by atoms with van der Waals surface area (Å²) in [5, 5.41) is 2.84. The molecule has 1 heterocycles. The van der Waals surface area contributed by atoms with Crippen LogP contribution in [-0.2, 0) is 9.59 Å². The van der Waals surface area contributed by atoms with Gasteiger partial charge in [-0.2, -0.15) is 0 Å². The number of hydrogen-bond acceptors (Lipinski definition) is 2. The molecule has 0 aromatic carbocycles. The number of nitrogens with zero attached hydrogens (tertiary/aromatic N) is 1. The molecule has 0 atom stereocenters. The lowest BCUT2D eigenvalue weighted by Gasteiger charge is -2.32. The van der Waals surface area contributed by atoms with Crippen LogP contribution in [0.2, 0.25) is 0 Å². The zero-order valence-electron chi connectivity index (χ0n) is 10.3. The van der Waals surface area contributed by atoms with Crippen molar-refractivity contribution in [2.45, 2.75) is 39.5 Å². The van der Waals surface area contributed by atoms with Gasteiger partial charge in [0.25, 0.3) is 0 Å². The van der Waals surface area contributed by atoms with E-state index >= 15 is 0 Å². The molecule has 1 fully saturated rings. The van der Waals surface area contributed by atoms with E-state index in [1.54, 1.807) is 6.92 Å². The summed E-state index contributed by atoms with van der Waals surface area (Å²) >= 11 is 0. The van der Waals surface area contributed by atoms with Crippen LogP contribution in [0.25, 0.3) is 0 Å². The van der Waals surface area contributed by atoms with Crippen molar-refractivity contribution in [3.05, 3.63) is 0 Å². The number of carbonyl (C=O) groups is 2. The molecule has 0 aromatic heterocycles. The zero-order valence-corrected chi connectivity index (χ0v) is 10.3. The van der Waals surface area contributed by atoms with E-state index in [2.05, 4.69) is 5.32 Å². The summed E-state index contributed by atoms with van der Waals surface area (Å²) in [5.41, 5.74) is 0. The lowest BCUT2D eigenvalue weighted by Crippen LogP contribution is -2.41. The number of nitrogens with one attached hydrogen (secondary N) is 1. The molecule has 92 valence electrons. The molecular weight excluding hydrogens is 204 g/mol. The summed E-state index contributed by atoms with van der Waals surface area (Å²) in [4.78, 5) is 24.3. The van der Waals surface area contributed by atoms with Crippen LogP contribution in [0.4, 0.5) is 0 Å². The van der Waals surface area contributed by atoms with Gasteiger partial charge in [0.2, 0.25) is 11.8 Å². The molecular formula is C12H22N2O2. The van der Waals surface area contributed by atoms with Gasteiger partial charge in [0.15, 0.2) is 0 Å². The quantitative estimate of drug-likeness (QED) is 0.782. The molecule has 0 aromatic rings. The summed E-state index contributed by atoms with van der Waals surface area (Å²) in [6, 6.07) is 0. The highest BCUT2D eigenvalue weighted by atomic mass is 16.2. The topological polar surface area (TPSA) is 49.4 Å². The molecule has 0 radical (unpaired) electrons. The van der Waals surface area contributed by atoms with Gasteiger partial charge in [-0.15, -0.1) is 0 Å². The summed E-state index contributed by atoms with van der Waals surface area (Å²) in [6.45, 7) is 6.03. The smallest absolute Gasteiger partial charge is 0.222 e. The van der Waals surface area contributed by atoms with Crippen LogP contribution in [0.1, 0.15) is 39.5 Å². The van der Waals surface area contributed by atoms with Gasteiger partial charge in [-0.3, -0.25) is 9.59 Å². The summed E-state index contributed by atoms with van der Waals surface area (Å²) in [5.74, 6) is 0.847. The molecule has 1 N–H and O–H groups in total. The van der Waals surface area contributed by atoms with Gasteiger partial charge in [0.1, 0.15) is 0 Å². The highest BCUT2D eigenvalue weighted by Gasteiger charge is 2.21. The van der Waals surface area contributed by atoms with Crippen molar-refractivity contribution in [2.24, 2.45) is 5.92 Å². The number of amides is 2. The first kappa shape index (κ1) is 13.0. The molecule has 0 spiro atoms. The fourth-order valence-electron chi connectivity index (χ4n) is 2.05. The van der Waals surface area contributed by atoms with Gasteiger partial charge in [0, 0.05) is 33.0 Å². The third-order valence-electron chi connectivity index (χ3n) is 3.07. The lowest BCUT2D eigenvalue weighted by atomic mass is 9.96. The third kappa shape index (κ3) is 4.21. The van der Waals surface area contributed by atoms with Gasteiger partial charge < -0.3 is 10.2 Å². The second kappa shape index (κ2) is 6.51. The maximum atomic E-state index is 11.6. The second-order valence-electron chi connectivity index (χ2n) is 4.51. The van der Waals surface area contributed by atoms with E-state index in [1.807, 2.05) is 11.8 Å². The van der Waals surface area contributed by atoms with Gasteiger partial charge in [-0.25, -0.2) is 0 Å². The normalized spacial score (nSPS) is 17.2. The largest absolute Gasteiger partial charge is 0.356 e. The Morgan fingerprint density at radius 3 is 2.44 bits per heavy atom. The molecule has 0 aliphatic carbocycles. The first-order chi connectivity index (χ1) is 7.63. The number of likely N-dealkylation sites (tertiary alicyclic amines) is 1. The lowest BCUT2D eigenvalue weighted by molar-refractivity contribution is -0.132. The van der Waals surface area contributed by atoms with E-state index in [-0.39, 0.29) is 11.8 Å². The van der Waals surface area contributed by atoms with Gasteiger partial charge in [-0.1, -0.05) is 6.92 Å². The fraction of sp³-hybridized carbons (Fsp3) is 0.833. The van der Waals surface area contributed by atoms with E-state index in [0.717, 1.165) is 38.9 Å². The molecule has 16 heavy (non-hydrogen) atoms. The van der Waals surface area contributed by atoms with Gasteiger partial charge >= 0.3 is 0 Å². The second-order valence-corrected chi connectivity index (χ2v) is 4.51. The molecule has 1 aliphatic rings. The zero-order chi connectivity index (χ0) is 12.0. The summed E-state index contributed by atoms with van der Waals surface area (Å²) < 4.78 is 0. The fourth-order valence-corrected chi connectivity index (χ4v) is 2.05. The molecule has 2 amide bonds. The van der Waals surface area contributed by atoms with E-state index < -0.39 is 0 Å². The minimum absolute atomic E-state index is 0.0319. The first-order valence-corrected chi connectivity index (χ1v) is 6.15. The first-order valence-electron chi connectivity index (χ1n) is 6.15. The average Bonchev–Trinajstić information content (AvgIpc) is 2.27. The maximum absolute atomic E-state index is 11.6. The Bertz CT molecular complexity index is 245. The van der Waals surface area contributed by atoms with Crippen molar-refractivity contribution in [1.29, 1.82) is 0 Å². The van der Waals surface area contributed by atoms with Crippen LogP contribution in [0, 0.1) is 5.92 Å². The standard InChI is InChI=1S/C12H22N2O2/c1-3-4-12(16)14-7-5-11(6-8-14)9-13-10(2)15/h11H,3-9H2,1-2H3,(H,13,15). The van der Waals surface area contributed by atoms with Crippen LogP contribution in [0.5, 0.6) is 0 Å². The molecule has 0 unspecified atom stereocenters. The van der Waals surface area contributed by atoms with Crippen LogP contribution >= 0.6 is 0 Å². The maximum Gasteiger partial charge on any atom is 0.222 e.